The van der Waals surface area contributed by atoms with Crippen molar-refractivity contribution in [1.29, 1.82) is 0 Å². The monoisotopic (exact) mass is 282 g/mol. The Balaban J connectivity index is 1.99. The van der Waals surface area contributed by atoms with E-state index in [0.717, 1.165) is 37.5 Å². The summed E-state index contributed by atoms with van der Waals surface area (Å²) < 4.78 is 0. The minimum Gasteiger partial charge on any atom is -0.393 e. The summed E-state index contributed by atoms with van der Waals surface area (Å²) in [4.78, 5) is 2.32. The third-order valence-electron chi connectivity index (χ3n) is 3.85. The Kier molecular flexibility index (Phi) is 5.22. The van der Waals surface area contributed by atoms with Gasteiger partial charge in [0.05, 0.1) is 6.10 Å². The lowest BCUT2D eigenvalue weighted by atomic mass is 9.88. The molecule has 0 aromatic heterocycles. The first-order chi connectivity index (χ1) is 9.08. The number of nitrogens with two attached hydrogens (primary N) is 1. The molecule has 1 aromatic carbocycles. The van der Waals surface area contributed by atoms with Gasteiger partial charge in [-0.3, -0.25) is 4.90 Å². The Morgan fingerprint density at radius 2 is 2.26 bits per heavy atom. The molecule has 3 N–H and O–H groups in total. The first-order valence-corrected chi connectivity index (χ1v) is 7.36. The number of aliphatic hydroxyl groups is 1. The lowest BCUT2D eigenvalue weighted by Crippen LogP contribution is -2.49. The normalized spacial score (nSPS) is 26.3. The third kappa shape index (κ3) is 4.18. The van der Waals surface area contributed by atoms with Gasteiger partial charge in [0, 0.05) is 30.7 Å². The molecule has 1 aliphatic heterocycles. The van der Waals surface area contributed by atoms with E-state index in [0.29, 0.717) is 0 Å². The fraction of sp³-hybridized carbons (Fsp3) is 0.600. The standard InChI is InChI=1S/C15H23ClN2O/c1-2-15(19)12-7-14(17)10-18(9-12)8-11-4-3-5-13(16)6-11/h3-6,12,14-15,19H,2,7-10,17H2,1H3. The van der Waals surface area contributed by atoms with E-state index in [4.69, 9.17) is 17.3 Å². The number of piperidine rings is 1. The second-order valence-electron chi connectivity index (χ2n) is 5.56. The predicted molar refractivity (Wildman–Crippen MR) is 79.1 cm³/mol. The van der Waals surface area contributed by atoms with Crippen LogP contribution in [0.5, 0.6) is 0 Å². The molecule has 1 saturated heterocycles. The molecular weight excluding hydrogens is 260 g/mol. The molecule has 2 rings (SSSR count). The van der Waals surface area contributed by atoms with Gasteiger partial charge in [-0.1, -0.05) is 30.7 Å². The molecule has 1 fully saturated rings. The van der Waals surface area contributed by atoms with Crippen LogP contribution in [0.2, 0.25) is 5.02 Å². The van der Waals surface area contributed by atoms with Crippen LogP contribution in [-0.2, 0) is 6.54 Å². The third-order valence-corrected chi connectivity index (χ3v) is 4.08. The van der Waals surface area contributed by atoms with Crippen molar-refractivity contribution in [2.24, 2.45) is 11.7 Å². The molecule has 4 heteroatoms. The molecule has 1 aromatic rings. The van der Waals surface area contributed by atoms with E-state index < -0.39 is 0 Å². The van der Waals surface area contributed by atoms with E-state index >= 15 is 0 Å². The molecule has 3 unspecified atom stereocenters. The lowest BCUT2D eigenvalue weighted by Gasteiger charge is -2.38. The second-order valence-corrected chi connectivity index (χ2v) is 5.99. The average molecular weight is 283 g/mol. The van der Waals surface area contributed by atoms with Crippen molar-refractivity contribution in [3.05, 3.63) is 34.9 Å². The highest BCUT2D eigenvalue weighted by molar-refractivity contribution is 6.30. The second kappa shape index (κ2) is 6.71. The van der Waals surface area contributed by atoms with E-state index in [2.05, 4.69) is 11.0 Å². The molecule has 1 heterocycles. The summed E-state index contributed by atoms with van der Waals surface area (Å²) in [7, 11) is 0. The van der Waals surface area contributed by atoms with Crippen LogP contribution in [0.25, 0.3) is 0 Å². The number of benzene rings is 1. The maximum absolute atomic E-state index is 10.0. The SMILES string of the molecule is CCC(O)C1CC(N)CN(Cc2cccc(Cl)c2)C1. The number of hydrogen-bond donors (Lipinski definition) is 2. The number of likely N-dealkylation sites (tertiary alicyclic amines) is 1. The summed E-state index contributed by atoms with van der Waals surface area (Å²) >= 11 is 6.01. The van der Waals surface area contributed by atoms with Crippen LogP contribution >= 0.6 is 11.6 Å². The highest BCUT2D eigenvalue weighted by Crippen LogP contribution is 2.23. The predicted octanol–water partition coefficient (Wildman–Crippen LogP) is 2.26. The van der Waals surface area contributed by atoms with Crippen LogP contribution in [-0.4, -0.2) is 35.2 Å². The lowest BCUT2D eigenvalue weighted by molar-refractivity contribution is 0.0387. The molecule has 0 spiro atoms. The van der Waals surface area contributed by atoms with E-state index in [9.17, 15) is 5.11 Å². The summed E-state index contributed by atoms with van der Waals surface area (Å²) in [5, 5.41) is 10.8. The molecular formula is C15H23ClN2O. The van der Waals surface area contributed by atoms with Crippen LogP contribution in [0.3, 0.4) is 0 Å². The van der Waals surface area contributed by atoms with E-state index in [1.165, 1.54) is 5.56 Å². The average Bonchev–Trinajstić information content (AvgIpc) is 2.37. The van der Waals surface area contributed by atoms with Gasteiger partial charge in [0.2, 0.25) is 0 Å². The largest absolute Gasteiger partial charge is 0.393 e. The summed E-state index contributed by atoms with van der Waals surface area (Å²) in [6, 6.07) is 8.08. The van der Waals surface area contributed by atoms with Gasteiger partial charge < -0.3 is 10.8 Å². The van der Waals surface area contributed by atoms with Crippen LogP contribution in [0.4, 0.5) is 0 Å². The zero-order chi connectivity index (χ0) is 13.8. The van der Waals surface area contributed by atoms with Gasteiger partial charge in [-0.05, 0) is 36.5 Å². The summed E-state index contributed by atoms with van der Waals surface area (Å²) in [6.45, 7) is 4.67. The van der Waals surface area contributed by atoms with Gasteiger partial charge in [-0.25, -0.2) is 0 Å². The number of rotatable bonds is 4. The highest BCUT2D eigenvalue weighted by atomic mass is 35.5. The van der Waals surface area contributed by atoms with Crippen molar-refractivity contribution in [3.8, 4) is 0 Å². The fourth-order valence-corrected chi connectivity index (χ4v) is 3.12. The van der Waals surface area contributed by atoms with Crippen molar-refractivity contribution >= 4 is 11.6 Å². The van der Waals surface area contributed by atoms with Gasteiger partial charge in [-0.2, -0.15) is 0 Å². The number of nitrogens with zero attached hydrogens (tertiary/aromatic N) is 1. The molecule has 19 heavy (non-hydrogen) atoms. The molecule has 3 nitrogen and oxygen atoms in total. The minimum absolute atomic E-state index is 0.152. The van der Waals surface area contributed by atoms with Crippen LogP contribution in [0, 0.1) is 5.92 Å². The van der Waals surface area contributed by atoms with E-state index in [1.54, 1.807) is 0 Å². The molecule has 3 atom stereocenters. The Bertz CT molecular complexity index is 413. The van der Waals surface area contributed by atoms with Gasteiger partial charge in [-0.15, -0.1) is 0 Å². The van der Waals surface area contributed by atoms with Gasteiger partial charge in [0.25, 0.3) is 0 Å². The van der Waals surface area contributed by atoms with Crippen molar-refractivity contribution in [3.63, 3.8) is 0 Å². The van der Waals surface area contributed by atoms with Gasteiger partial charge in [0.15, 0.2) is 0 Å². The molecule has 106 valence electrons. The van der Waals surface area contributed by atoms with Gasteiger partial charge in [0.1, 0.15) is 0 Å². The summed E-state index contributed by atoms with van der Waals surface area (Å²) in [5.41, 5.74) is 7.31. The number of halogens is 1. The Labute approximate surface area is 120 Å². The Morgan fingerprint density at radius 3 is 2.95 bits per heavy atom. The quantitative estimate of drug-likeness (QED) is 0.891. The topological polar surface area (TPSA) is 49.5 Å². The first kappa shape index (κ1) is 14.8. The van der Waals surface area contributed by atoms with Crippen LogP contribution < -0.4 is 5.73 Å². The zero-order valence-corrected chi connectivity index (χ0v) is 12.2. The summed E-state index contributed by atoms with van der Waals surface area (Å²) in [5.74, 6) is 0.285. The molecule has 0 bridgehead atoms. The molecule has 0 aliphatic carbocycles. The van der Waals surface area contributed by atoms with Crippen molar-refractivity contribution < 1.29 is 5.11 Å². The number of hydrogen-bond acceptors (Lipinski definition) is 3. The van der Waals surface area contributed by atoms with E-state index in [1.807, 2.05) is 25.1 Å². The molecule has 0 radical (unpaired) electrons. The minimum atomic E-state index is -0.242. The maximum Gasteiger partial charge on any atom is 0.0578 e. The first-order valence-electron chi connectivity index (χ1n) is 6.99. The Hall–Kier alpha value is -0.610. The summed E-state index contributed by atoms with van der Waals surface area (Å²) in [6.07, 6.45) is 1.47. The van der Waals surface area contributed by atoms with Crippen molar-refractivity contribution in [2.45, 2.75) is 38.5 Å². The molecule has 0 amide bonds. The molecule has 1 aliphatic rings. The Morgan fingerprint density at radius 1 is 1.47 bits per heavy atom. The molecule has 0 saturated carbocycles. The highest BCUT2D eigenvalue weighted by Gasteiger charge is 2.29. The smallest absolute Gasteiger partial charge is 0.0578 e. The van der Waals surface area contributed by atoms with Crippen molar-refractivity contribution in [1.82, 2.24) is 4.90 Å². The van der Waals surface area contributed by atoms with Gasteiger partial charge >= 0.3 is 0 Å². The van der Waals surface area contributed by atoms with E-state index in [-0.39, 0.29) is 18.1 Å². The number of aliphatic hydroxyl groups excluding tert-OH is 1. The van der Waals surface area contributed by atoms with Crippen LogP contribution in [0.15, 0.2) is 24.3 Å². The zero-order valence-electron chi connectivity index (χ0n) is 11.4. The maximum atomic E-state index is 10.0. The van der Waals surface area contributed by atoms with Crippen LogP contribution in [0.1, 0.15) is 25.3 Å². The fourth-order valence-electron chi connectivity index (χ4n) is 2.91. The van der Waals surface area contributed by atoms with Crippen molar-refractivity contribution in [2.75, 3.05) is 13.1 Å².